The minimum absolute atomic E-state index is 0.0126. The van der Waals surface area contributed by atoms with Crippen molar-refractivity contribution in [2.45, 2.75) is 10.9 Å². The van der Waals surface area contributed by atoms with E-state index < -0.39 is 0 Å². The van der Waals surface area contributed by atoms with Crippen LogP contribution < -0.4 is 5.73 Å². The van der Waals surface area contributed by atoms with Crippen molar-refractivity contribution in [3.05, 3.63) is 77.3 Å². The third kappa shape index (κ3) is 3.59. The number of thioether (sulfide) groups is 1. The summed E-state index contributed by atoms with van der Waals surface area (Å²) in [5, 5.41) is 3.24. The molecule has 0 aliphatic rings. The van der Waals surface area contributed by atoms with Gasteiger partial charge in [-0.15, -0.1) is 11.8 Å². The van der Waals surface area contributed by atoms with Crippen LogP contribution in [0.15, 0.2) is 71.6 Å². The Morgan fingerprint density at radius 2 is 1.71 bits per heavy atom. The molecule has 0 aliphatic heterocycles. The third-order valence-electron chi connectivity index (χ3n) is 3.43. The minimum atomic E-state index is 0.0126. The van der Waals surface area contributed by atoms with E-state index in [1.54, 1.807) is 11.8 Å². The van der Waals surface area contributed by atoms with Crippen LogP contribution in [-0.2, 0) is 0 Å². The fourth-order valence-corrected chi connectivity index (χ4v) is 3.48. The molecule has 0 heterocycles. The van der Waals surface area contributed by atoms with E-state index in [-0.39, 0.29) is 6.04 Å². The summed E-state index contributed by atoms with van der Waals surface area (Å²) < 4.78 is 0. The number of benzene rings is 3. The van der Waals surface area contributed by atoms with E-state index in [9.17, 15) is 0 Å². The maximum atomic E-state index is 6.32. The number of halogens is 1. The molecule has 0 aromatic heterocycles. The molecule has 1 unspecified atom stereocenters. The van der Waals surface area contributed by atoms with Crippen molar-refractivity contribution < 1.29 is 0 Å². The molecule has 3 aromatic carbocycles. The van der Waals surface area contributed by atoms with Gasteiger partial charge in [0, 0.05) is 21.7 Å². The van der Waals surface area contributed by atoms with Gasteiger partial charge < -0.3 is 5.73 Å². The third-order valence-corrected chi connectivity index (χ3v) is 4.78. The van der Waals surface area contributed by atoms with Gasteiger partial charge in [0.25, 0.3) is 0 Å². The lowest BCUT2D eigenvalue weighted by atomic mass is 10.0. The number of hydrogen-bond donors (Lipinski definition) is 1. The lowest BCUT2D eigenvalue weighted by Crippen LogP contribution is -2.12. The first-order valence-corrected chi connectivity index (χ1v) is 8.21. The molecule has 1 atom stereocenters. The summed E-state index contributed by atoms with van der Waals surface area (Å²) in [4.78, 5) is 1.15. The Bertz CT molecular complexity index is 757. The molecule has 0 saturated carbocycles. The standard InChI is InChI=1S/C18H16ClNS/c19-16-6-3-7-17(11-16)21-12-18(20)15-9-8-13-4-1-2-5-14(13)10-15/h1-11,18H,12,20H2. The van der Waals surface area contributed by atoms with Gasteiger partial charge in [-0.3, -0.25) is 0 Å². The van der Waals surface area contributed by atoms with E-state index in [1.807, 2.05) is 18.2 Å². The lowest BCUT2D eigenvalue weighted by molar-refractivity contribution is 0.833. The molecule has 3 aromatic rings. The van der Waals surface area contributed by atoms with Gasteiger partial charge in [-0.25, -0.2) is 0 Å². The van der Waals surface area contributed by atoms with E-state index in [2.05, 4.69) is 48.5 Å². The average molecular weight is 314 g/mol. The highest BCUT2D eigenvalue weighted by atomic mass is 35.5. The summed E-state index contributed by atoms with van der Waals surface area (Å²) in [6, 6.07) is 22.7. The van der Waals surface area contributed by atoms with E-state index in [4.69, 9.17) is 17.3 Å². The molecule has 0 saturated heterocycles. The second-order valence-electron chi connectivity index (χ2n) is 4.98. The molecule has 1 nitrogen and oxygen atoms in total. The van der Waals surface area contributed by atoms with Gasteiger partial charge in [0.1, 0.15) is 0 Å². The molecule has 0 amide bonds. The Morgan fingerprint density at radius 1 is 0.905 bits per heavy atom. The van der Waals surface area contributed by atoms with Gasteiger partial charge in [-0.2, -0.15) is 0 Å². The van der Waals surface area contributed by atoms with E-state index in [1.165, 1.54) is 16.3 Å². The van der Waals surface area contributed by atoms with Crippen LogP contribution in [0.4, 0.5) is 0 Å². The summed E-state index contributed by atoms with van der Waals surface area (Å²) in [7, 11) is 0. The molecular formula is C18H16ClNS. The predicted molar refractivity (Wildman–Crippen MR) is 93.1 cm³/mol. The summed E-state index contributed by atoms with van der Waals surface area (Å²) in [6.07, 6.45) is 0. The second-order valence-corrected chi connectivity index (χ2v) is 6.51. The molecule has 3 rings (SSSR count). The smallest absolute Gasteiger partial charge is 0.0417 e. The van der Waals surface area contributed by atoms with Crippen LogP contribution in [0, 0.1) is 0 Å². The van der Waals surface area contributed by atoms with Crippen molar-refractivity contribution in [3.63, 3.8) is 0 Å². The first-order valence-electron chi connectivity index (χ1n) is 6.85. The number of nitrogens with two attached hydrogens (primary N) is 1. The van der Waals surface area contributed by atoms with Crippen LogP contribution in [0.1, 0.15) is 11.6 Å². The van der Waals surface area contributed by atoms with Crippen molar-refractivity contribution in [1.29, 1.82) is 0 Å². The van der Waals surface area contributed by atoms with Crippen molar-refractivity contribution in [2.24, 2.45) is 5.73 Å². The summed E-state index contributed by atoms with van der Waals surface area (Å²) in [5.74, 6) is 0.832. The van der Waals surface area contributed by atoms with Gasteiger partial charge in [0.15, 0.2) is 0 Å². The zero-order valence-electron chi connectivity index (χ0n) is 11.5. The number of rotatable bonds is 4. The monoisotopic (exact) mass is 313 g/mol. The topological polar surface area (TPSA) is 26.0 Å². The Hall–Kier alpha value is -1.48. The molecule has 0 spiro atoms. The highest BCUT2D eigenvalue weighted by molar-refractivity contribution is 7.99. The summed E-state index contributed by atoms with van der Waals surface area (Å²) in [6.45, 7) is 0. The fraction of sp³-hybridized carbons (Fsp3) is 0.111. The van der Waals surface area contributed by atoms with Gasteiger partial charge >= 0.3 is 0 Å². The highest BCUT2D eigenvalue weighted by Crippen LogP contribution is 2.27. The first-order chi connectivity index (χ1) is 10.2. The van der Waals surface area contributed by atoms with E-state index in [0.29, 0.717) is 0 Å². The van der Waals surface area contributed by atoms with E-state index in [0.717, 1.165) is 15.7 Å². The van der Waals surface area contributed by atoms with Crippen molar-refractivity contribution >= 4 is 34.1 Å². The maximum Gasteiger partial charge on any atom is 0.0417 e. The van der Waals surface area contributed by atoms with Crippen molar-refractivity contribution in [2.75, 3.05) is 5.75 Å². The van der Waals surface area contributed by atoms with Crippen molar-refractivity contribution in [1.82, 2.24) is 0 Å². The van der Waals surface area contributed by atoms with Gasteiger partial charge in [0.05, 0.1) is 0 Å². The minimum Gasteiger partial charge on any atom is -0.323 e. The van der Waals surface area contributed by atoms with Crippen LogP contribution in [0.2, 0.25) is 5.02 Å². The Kier molecular flexibility index (Phi) is 4.49. The number of fused-ring (bicyclic) bond motifs is 1. The molecule has 0 aliphatic carbocycles. The highest BCUT2D eigenvalue weighted by Gasteiger charge is 2.07. The maximum absolute atomic E-state index is 6.32. The fourth-order valence-electron chi connectivity index (χ4n) is 2.28. The molecule has 2 N–H and O–H groups in total. The van der Waals surface area contributed by atoms with Crippen LogP contribution in [0.3, 0.4) is 0 Å². The molecule has 0 bridgehead atoms. The number of hydrogen-bond acceptors (Lipinski definition) is 2. The molecular weight excluding hydrogens is 298 g/mol. The normalized spacial score (nSPS) is 12.5. The zero-order chi connectivity index (χ0) is 14.7. The molecule has 3 heteroatoms. The Morgan fingerprint density at radius 3 is 2.52 bits per heavy atom. The summed E-state index contributed by atoms with van der Waals surface area (Å²) >= 11 is 7.73. The second kappa shape index (κ2) is 6.52. The van der Waals surface area contributed by atoms with Crippen LogP contribution in [0.5, 0.6) is 0 Å². The van der Waals surface area contributed by atoms with Crippen LogP contribution >= 0.6 is 23.4 Å². The van der Waals surface area contributed by atoms with Crippen LogP contribution in [-0.4, -0.2) is 5.75 Å². The molecule has 0 radical (unpaired) electrons. The first kappa shape index (κ1) is 14.5. The van der Waals surface area contributed by atoms with Gasteiger partial charge in [-0.05, 0) is 40.6 Å². The largest absolute Gasteiger partial charge is 0.323 e. The van der Waals surface area contributed by atoms with Crippen LogP contribution in [0.25, 0.3) is 10.8 Å². The van der Waals surface area contributed by atoms with Gasteiger partial charge in [-0.1, -0.05) is 54.1 Å². The molecule has 0 fully saturated rings. The average Bonchev–Trinajstić information content (AvgIpc) is 2.52. The van der Waals surface area contributed by atoms with Crippen molar-refractivity contribution in [3.8, 4) is 0 Å². The quantitative estimate of drug-likeness (QED) is 0.663. The summed E-state index contributed by atoms with van der Waals surface area (Å²) in [5.41, 5.74) is 7.49. The SMILES string of the molecule is NC(CSc1cccc(Cl)c1)c1ccc2ccccc2c1. The zero-order valence-corrected chi connectivity index (χ0v) is 13.1. The molecule has 21 heavy (non-hydrogen) atoms. The molecule has 106 valence electrons. The lowest BCUT2D eigenvalue weighted by Gasteiger charge is -2.13. The van der Waals surface area contributed by atoms with Gasteiger partial charge in [0.2, 0.25) is 0 Å². The van der Waals surface area contributed by atoms with E-state index >= 15 is 0 Å². The Labute approximate surface area is 134 Å². The Balaban J connectivity index is 1.73. The predicted octanol–water partition coefficient (Wildman–Crippen LogP) is 5.29.